The van der Waals surface area contributed by atoms with E-state index in [9.17, 15) is 0 Å². The van der Waals surface area contributed by atoms with Gasteiger partial charge in [-0.1, -0.05) is 29.4 Å². The summed E-state index contributed by atoms with van der Waals surface area (Å²) in [6.45, 7) is 7.18. The summed E-state index contributed by atoms with van der Waals surface area (Å²) < 4.78 is 0. The minimum absolute atomic E-state index is 0.0797. The van der Waals surface area contributed by atoms with E-state index in [1.165, 1.54) is 0 Å². The molecule has 0 amide bonds. The van der Waals surface area contributed by atoms with E-state index in [0.29, 0.717) is 0 Å². The van der Waals surface area contributed by atoms with Crippen molar-refractivity contribution >= 4 is 23.4 Å². The first-order chi connectivity index (χ1) is 9.44. The molecule has 2 aromatic rings. The minimum Gasteiger partial charge on any atom is -0.308 e. The average molecular weight is 308 g/mol. The Hall–Kier alpha value is -1.10. The van der Waals surface area contributed by atoms with E-state index in [1.54, 1.807) is 30.4 Å². The lowest BCUT2D eigenvalue weighted by atomic mass is 10.1. The molecule has 0 saturated heterocycles. The van der Waals surface area contributed by atoms with Gasteiger partial charge in [-0.25, -0.2) is 4.98 Å². The second-order valence-electron chi connectivity index (χ2n) is 5.50. The van der Waals surface area contributed by atoms with Gasteiger partial charge in [-0.2, -0.15) is 0 Å². The maximum absolute atomic E-state index is 6.34. The quantitative estimate of drug-likeness (QED) is 0.920. The molecule has 0 aliphatic rings. The maximum Gasteiger partial charge on any atom is 0.119 e. The lowest BCUT2D eigenvalue weighted by Crippen LogP contribution is -2.35. The number of aromatic nitrogens is 2. The van der Waals surface area contributed by atoms with Crippen LogP contribution in [-0.2, 0) is 6.54 Å². The highest BCUT2D eigenvalue weighted by Gasteiger charge is 2.10. The lowest BCUT2D eigenvalue weighted by Gasteiger charge is -2.21. The van der Waals surface area contributed by atoms with Crippen molar-refractivity contribution in [3.8, 4) is 0 Å². The molecule has 1 aromatic heterocycles. The van der Waals surface area contributed by atoms with E-state index in [4.69, 9.17) is 11.6 Å². The molecule has 0 spiro atoms. The van der Waals surface area contributed by atoms with Gasteiger partial charge in [0.05, 0.1) is 6.20 Å². The van der Waals surface area contributed by atoms with Crippen molar-refractivity contribution in [2.24, 2.45) is 0 Å². The fourth-order valence-corrected chi connectivity index (χ4v) is 2.65. The fraction of sp³-hybridized carbons (Fsp3) is 0.333. The van der Waals surface area contributed by atoms with Crippen LogP contribution >= 0.6 is 23.4 Å². The Balaban J connectivity index is 2.06. The van der Waals surface area contributed by atoms with Crippen LogP contribution in [0, 0.1) is 0 Å². The van der Waals surface area contributed by atoms with Gasteiger partial charge in [0.25, 0.3) is 0 Å². The van der Waals surface area contributed by atoms with Gasteiger partial charge in [-0.05, 0) is 38.5 Å². The zero-order valence-corrected chi connectivity index (χ0v) is 13.4. The highest BCUT2D eigenvalue weighted by Crippen LogP contribution is 2.29. The van der Waals surface area contributed by atoms with Crippen molar-refractivity contribution in [2.45, 2.75) is 42.8 Å². The molecule has 20 heavy (non-hydrogen) atoms. The molecular weight excluding hydrogens is 290 g/mol. The largest absolute Gasteiger partial charge is 0.308 e. The molecule has 0 aliphatic heterocycles. The molecule has 1 N–H and O–H groups in total. The molecule has 0 aliphatic carbocycles. The van der Waals surface area contributed by atoms with E-state index in [0.717, 1.165) is 27.1 Å². The van der Waals surface area contributed by atoms with Crippen molar-refractivity contribution < 1.29 is 0 Å². The summed E-state index contributed by atoms with van der Waals surface area (Å²) in [7, 11) is 0. The van der Waals surface area contributed by atoms with Crippen molar-refractivity contribution in [3.63, 3.8) is 0 Å². The van der Waals surface area contributed by atoms with E-state index >= 15 is 0 Å². The van der Waals surface area contributed by atoms with Gasteiger partial charge in [0.15, 0.2) is 0 Å². The van der Waals surface area contributed by atoms with Crippen molar-refractivity contribution in [1.82, 2.24) is 15.3 Å². The predicted molar refractivity (Wildman–Crippen MR) is 84.2 cm³/mol. The molecule has 0 saturated carbocycles. The second-order valence-corrected chi connectivity index (χ2v) is 7.00. The van der Waals surface area contributed by atoms with Crippen molar-refractivity contribution in [2.75, 3.05) is 0 Å². The van der Waals surface area contributed by atoms with Gasteiger partial charge in [0.2, 0.25) is 0 Å². The predicted octanol–water partition coefficient (Wildman–Crippen LogP) is 4.17. The summed E-state index contributed by atoms with van der Waals surface area (Å²) in [6.07, 6.45) is 5.09. The zero-order chi connectivity index (χ0) is 14.6. The third-order valence-electron chi connectivity index (χ3n) is 2.60. The lowest BCUT2D eigenvalue weighted by molar-refractivity contribution is 0.424. The van der Waals surface area contributed by atoms with Crippen LogP contribution in [-0.4, -0.2) is 15.5 Å². The van der Waals surface area contributed by atoms with Crippen LogP contribution in [0.3, 0.4) is 0 Å². The molecule has 0 unspecified atom stereocenters. The van der Waals surface area contributed by atoms with Gasteiger partial charge in [-0.3, -0.25) is 4.98 Å². The number of hydrogen-bond donors (Lipinski definition) is 1. The van der Waals surface area contributed by atoms with Gasteiger partial charge in [0, 0.05) is 34.4 Å². The van der Waals surface area contributed by atoms with Gasteiger partial charge < -0.3 is 5.32 Å². The van der Waals surface area contributed by atoms with E-state index in [2.05, 4.69) is 48.2 Å². The Morgan fingerprint density at radius 3 is 2.65 bits per heavy atom. The van der Waals surface area contributed by atoms with Gasteiger partial charge in [-0.15, -0.1) is 0 Å². The Bertz CT molecular complexity index is 567. The van der Waals surface area contributed by atoms with Crippen LogP contribution in [0.5, 0.6) is 0 Å². The normalized spacial score (nSPS) is 11.6. The maximum atomic E-state index is 6.34. The summed E-state index contributed by atoms with van der Waals surface area (Å²) >= 11 is 7.89. The topological polar surface area (TPSA) is 37.8 Å². The van der Waals surface area contributed by atoms with Crippen LogP contribution in [0.4, 0.5) is 0 Å². The number of nitrogens with zero attached hydrogens (tertiary/aromatic N) is 2. The molecule has 0 atom stereocenters. The van der Waals surface area contributed by atoms with Crippen molar-refractivity contribution in [1.29, 1.82) is 0 Å². The SMILES string of the molecule is CC(C)(C)NCc1ccc(Sc2cnccn2)cc1Cl. The summed E-state index contributed by atoms with van der Waals surface area (Å²) in [5, 5.41) is 5.07. The van der Waals surface area contributed by atoms with Crippen molar-refractivity contribution in [3.05, 3.63) is 47.4 Å². The molecule has 1 aromatic carbocycles. The number of benzene rings is 1. The van der Waals surface area contributed by atoms with Crippen LogP contribution in [0.15, 0.2) is 46.7 Å². The third kappa shape index (κ3) is 4.78. The molecule has 0 fully saturated rings. The van der Waals surface area contributed by atoms with Crippen LogP contribution < -0.4 is 5.32 Å². The summed E-state index contributed by atoms with van der Waals surface area (Å²) in [4.78, 5) is 9.36. The Kier molecular flexibility index (Phi) is 5.02. The Labute approximate surface area is 129 Å². The summed E-state index contributed by atoms with van der Waals surface area (Å²) in [5.74, 6) is 0. The average Bonchev–Trinajstić information content (AvgIpc) is 2.38. The summed E-state index contributed by atoms with van der Waals surface area (Å²) in [6, 6.07) is 6.09. The minimum atomic E-state index is 0.0797. The molecule has 5 heteroatoms. The monoisotopic (exact) mass is 307 g/mol. The van der Waals surface area contributed by atoms with Gasteiger partial charge in [0.1, 0.15) is 5.03 Å². The molecule has 2 rings (SSSR count). The number of halogens is 1. The molecule has 1 heterocycles. The first kappa shape index (κ1) is 15.3. The first-order valence-corrected chi connectivity index (χ1v) is 7.61. The number of rotatable bonds is 4. The molecule has 3 nitrogen and oxygen atoms in total. The third-order valence-corrected chi connectivity index (χ3v) is 3.86. The zero-order valence-electron chi connectivity index (χ0n) is 11.9. The molecule has 106 valence electrons. The van der Waals surface area contributed by atoms with E-state index in [1.807, 2.05) is 6.07 Å². The van der Waals surface area contributed by atoms with Crippen LogP contribution in [0.25, 0.3) is 0 Å². The molecule has 0 radical (unpaired) electrons. The second kappa shape index (κ2) is 6.57. The van der Waals surface area contributed by atoms with Gasteiger partial charge >= 0.3 is 0 Å². The summed E-state index contributed by atoms with van der Waals surface area (Å²) in [5.41, 5.74) is 1.18. The number of hydrogen-bond acceptors (Lipinski definition) is 4. The Morgan fingerprint density at radius 2 is 2.05 bits per heavy atom. The highest BCUT2D eigenvalue weighted by molar-refractivity contribution is 7.99. The standard InChI is InChI=1S/C15H18ClN3S/c1-15(2,3)19-9-11-4-5-12(8-13(11)16)20-14-10-17-6-7-18-14/h4-8,10,19H,9H2,1-3H3. The fourth-order valence-electron chi connectivity index (χ4n) is 1.55. The number of nitrogens with one attached hydrogen (secondary N) is 1. The van der Waals surface area contributed by atoms with Crippen LogP contribution in [0.1, 0.15) is 26.3 Å². The van der Waals surface area contributed by atoms with Crippen LogP contribution in [0.2, 0.25) is 5.02 Å². The Morgan fingerprint density at radius 1 is 1.25 bits per heavy atom. The van der Waals surface area contributed by atoms with E-state index in [-0.39, 0.29) is 5.54 Å². The smallest absolute Gasteiger partial charge is 0.119 e. The highest BCUT2D eigenvalue weighted by atomic mass is 35.5. The first-order valence-electron chi connectivity index (χ1n) is 6.41. The van der Waals surface area contributed by atoms with E-state index < -0.39 is 0 Å². The molecule has 0 bridgehead atoms. The molecular formula is C15H18ClN3S.